The fourth-order valence-electron chi connectivity index (χ4n) is 2.22. The summed E-state index contributed by atoms with van der Waals surface area (Å²) in [5, 5.41) is 3.23. The zero-order chi connectivity index (χ0) is 13.1. The molecule has 1 saturated heterocycles. The lowest BCUT2D eigenvalue weighted by molar-refractivity contribution is 0.100. The van der Waals surface area contributed by atoms with Gasteiger partial charge in [-0.2, -0.15) is 0 Å². The van der Waals surface area contributed by atoms with E-state index in [-0.39, 0.29) is 0 Å². The van der Waals surface area contributed by atoms with Gasteiger partial charge in [-0.3, -0.25) is 4.79 Å². The smallest absolute Gasteiger partial charge is 0.250 e. The number of hydrogen-bond donors (Lipinski definition) is 3. The number of pyridine rings is 1. The topological polar surface area (TPSA) is 97.3 Å². The molecule has 6 nitrogen and oxygen atoms in total. The Bertz CT molecular complexity index is 448. The van der Waals surface area contributed by atoms with Crippen LogP contribution < -0.4 is 16.8 Å². The van der Waals surface area contributed by atoms with E-state index in [9.17, 15) is 4.79 Å². The fraction of sp³-hybridized carbons (Fsp3) is 0.500. The Morgan fingerprint density at radius 2 is 2.44 bits per heavy atom. The molecule has 0 aromatic carbocycles. The van der Waals surface area contributed by atoms with Crippen molar-refractivity contribution >= 4 is 17.4 Å². The zero-order valence-electron chi connectivity index (χ0n) is 10.5. The van der Waals surface area contributed by atoms with E-state index >= 15 is 0 Å². The third-order valence-corrected chi connectivity index (χ3v) is 3.26. The minimum absolute atomic E-state index is 0.314. The normalized spacial score (nSPS) is 19.9. The van der Waals surface area contributed by atoms with E-state index in [4.69, 9.17) is 11.5 Å². The zero-order valence-corrected chi connectivity index (χ0v) is 10.5. The molecular formula is C12H19N5O. The summed E-state index contributed by atoms with van der Waals surface area (Å²) in [5.74, 6) is 0.734. The quantitative estimate of drug-likeness (QED) is 0.704. The molecule has 1 fully saturated rings. The van der Waals surface area contributed by atoms with Crippen LogP contribution in [0.15, 0.2) is 12.3 Å². The van der Waals surface area contributed by atoms with E-state index < -0.39 is 5.91 Å². The molecule has 18 heavy (non-hydrogen) atoms. The van der Waals surface area contributed by atoms with Crippen LogP contribution in [0.4, 0.5) is 11.5 Å². The van der Waals surface area contributed by atoms with Crippen LogP contribution in [0.1, 0.15) is 16.8 Å². The molecule has 2 heterocycles. The molecule has 1 aliphatic heterocycles. The van der Waals surface area contributed by atoms with Gasteiger partial charge in [-0.05, 0) is 32.0 Å². The summed E-state index contributed by atoms with van der Waals surface area (Å²) >= 11 is 0. The Labute approximate surface area is 106 Å². The molecule has 98 valence electrons. The van der Waals surface area contributed by atoms with E-state index in [0.717, 1.165) is 19.6 Å². The molecule has 2 rings (SSSR count). The van der Waals surface area contributed by atoms with Gasteiger partial charge in [0.2, 0.25) is 0 Å². The Hall–Kier alpha value is -1.82. The fourth-order valence-corrected chi connectivity index (χ4v) is 2.22. The minimum atomic E-state index is -0.529. The highest BCUT2D eigenvalue weighted by atomic mass is 16.1. The van der Waals surface area contributed by atoms with Crippen molar-refractivity contribution in [2.24, 2.45) is 11.7 Å². The highest BCUT2D eigenvalue weighted by molar-refractivity contribution is 5.98. The molecule has 1 aliphatic rings. The third-order valence-electron chi connectivity index (χ3n) is 3.26. The van der Waals surface area contributed by atoms with Crippen LogP contribution in [0, 0.1) is 5.92 Å². The summed E-state index contributed by atoms with van der Waals surface area (Å²) in [4.78, 5) is 17.6. The van der Waals surface area contributed by atoms with Gasteiger partial charge in [0.05, 0.1) is 17.4 Å². The summed E-state index contributed by atoms with van der Waals surface area (Å²) < 4.78 is 0. The van der Waals surface area contributed by atoms with E-state index in [2.05, 4.69) is 22.2 Å². The number of nitrogens with two attached hydrogens (primary N) is 2. The summed E-state index contributed by atoms with van der Waals surface area (Å²) in [7, 11) is 2.12. The molecule has 0 spiro atoms. The molecular weight excluding hydrogens is 230 g/mol. The van der Waals surface area contributed by atoms with E-state index in [0.29, 0.717) is 23.0 Å². The molecule has 0 aliphatic carbocycles. The SMILES string of the molecule is CN1CCC(CNc2cc(C(N)=O)c(N)cn2)C1. The number of nitrogen functional groups attached to an aromatic ring is 1. The van der Waals surface area contributed by atoms with Crippen molar-refractivity contribution in [2.45, 2.75) is 6.42 Å². The summed E-state index contributed by atoms with van der Waals surface area (Å²) in [5.41, 5.74) is 11.5. The molecule has 1 unspecified atom stereocenters. The summed E-state index contributed by atoms with van der Waals surface area (Å²) in [6.45, 7) is 3.07. The van der Waals surface area contributed by atoms with E-state index in [1.54, 1.807) is 6.07 Å². The number of carbonyl (C=O) groups excluding carboxylic acids is 1. The maximum atomic E-state index is 11.2. The summed E-state index contributed by atoms with van der Waals surface area (Å²) in [6.07, 6.45) is 2.64. The lowest BCUT2D eigenvalue weighted by atomic mass is 10.1. The minimum Gasteiger partial charge on any atom is -0.397 e. The van der Waals surface area contributed by atoms with Gasteiger partial charge in [0.1, 0.15) is 5.82 Å². The largest absolute Gasteiger partial charge is 0.397 e. The van der Waals surface area contributed by atoms with E-state index in [1.165, 1.54) is 12.6 Å². The van der Waals surface area contributed by atoms with E-state index in [1.807, 2.05) is 0 Å². The number of amides is 1. The molecule has 1 amide bonds. The van der Waals surface area contributed by atoms with Crippen LogP contribution >= 0.6 is 0 Å². The van der Waals surface area contributed by atoms with Crippen molar-refractivity contribution in [3.63, 3.8) is 0 Å². The van der Waals surface area contributed by atoms with Crippen LogP contribution in [-0.2, 0) is 0 Å². The van der Waals surface area contributed by atoms with Gasteiger partial charge in [0.15, 0.2) is 0 Å². The second-order valence-electron chi connectivity index (χ2n) is 4.82. The van der Waals surface area contributed by atoms with Gasteiger partial charge in [0, 0.05) is 13.1 Å². The van der Waals surface area contributed by atoms with Crippen LogP contribution in [0.25, 0.3) is 0 Å². The Morgan fingerprint density at radius 3 is 3.06 bits per heavy atom. The maximum absolute atomic E-state index is 11.2. The highest BCUT2D eigenvalue weighted by Crippen LogP contribution is 2.17. The van der Waals surface area contributed by atoms with Crippen LogP contribution in [-0.4, -0.2) is 42.5 Å². The molecule has 0 bridgehead atoms. The van der Waals surface area contributed by atoms with Gasteiger partial charge in [0.25, 0.3) is 5.91 Å². The second-order valence-corrected chi connectivity index (χ2v) is 4.82. The molecule has 1 aromatic heterocycles. The monoisotopic (exact) mass is 249 g/mol. The first-order valence-corrected chi connectivity index (χ1v) is 6.04. The number of likely N-dealkylation sites (tertiary alicyclic amines) is 1. The number of nitrogens with one attached hydrogen (secondary N) is 1. The van der Waals surface area contributed by atoms with Gasteiger partial charge in [-0.25, -0.2) is 4.98 Å². The average molecular weight is 249 g/mol. The van der Waals surface area contributed by atoms with Crippen LogP contribution in [0.3, 0.4) is 0 Å². The van der Waals surface area contributed by atoms with Crippen molar-refractivity contribution < 1.29 is 4.79 Å². The van der Waals surface area contributed by atoms with Crippen molar-refractivity contribution in [1.82, 2.24) is 9.88 Å². The van der Waals surface area contributed by atoms with Crippen molar-refractivity contribution in [1.29, 1.82) is 0 Å². The predicted molar refractivity (Wildman–Crippen MR) is 71.3 cm³/mol. The number of hydrogen-bond acceptors (Lipinski definition) is 5. The number of nitrogens with zero attached hydrogens (tertiary/aromatic N) is 2. The lowest BCUT2D eigenvalue weighted by Gasteiger charge is -2.13. The van der Waals surface area contributed by atoms with Gasteiger partial charge in [-0.1, -0.05) is 0 Å². The van der Waals surface area contributed by atoms with Gasteiger partial charge < -0.3 is 21.7 Å². The highest BCUT2D eigenvalue weighted by Gasteiger charge is 2.19. The Kier molecular flexibility index (Phi) is 3.66. The molecule has 1 atom stereocenters. The van der Waals surface area contributed by atoms with Gasteiger partial charge in [-0.15, -0.1) is 0 Å². The maximum Gasteiger partial charge on any atom is 0.250 e. The summed E-state index contributed by atoms with van der Waals surface area (Å²) in [6, 6.07) is 1.61. The Morgan fingerprint density at radius 1 is 1.67 bits per heavy atom. The first kappa shape index (κ1) is 12.6. The van der Waals surface area contributed by atoms with Gasteiger partial charge >= 0.3 is 0 Å². The number of anilines is 2. The standard InChI is InChI=1S/C12H19N5O/c1-17-3-2-8(7-17)5-15-11-4-9(12(14)18)10(13)6-16-11/h4,6,8H,2-3,5,7,13H2,1H3,(H2,14,18)(H,15,16). The number of primary amides is 1. The van der Waals surface area contributed by atoms with Crippen molar-refractivity contribution in [3.05, 3.63) is 17.8 Å². The number of aromatic nitrogens is 1. The predicted octanol–water partition coefficient (Wildman–Crippen LogP) is 0.126. The third kappa shape index (κ3) is 2.89. The molecule has 0 radical (unpaired) electrons. The molecule has 6 heteroatoms. The van der Waals surface area contributed by atoms with Crippen molar-refractivity contribution in [3.8, 4) is 0 Å². The Balaban J connectivity index is 1.97. The average Bonchev–Trinajstić information content (AvgIpc) is 2.74. The van der Waals surface area contributed by atoms with Crippen LogP contribution in [0.2, 0.25) is 0 Å². The van der Waals surface area contributed by atoms with Crippen molar-refractivity contribution in [2.75, 3.05) is 37.7 Å². The number of rotatable bonds is 4. The second kappa shape index (κ2) is 5.22. The molecule has 5 N–H and O–H groups in total. The first-order valence-electron chi connectivity index (χ1n) is 6.04. The lowest BCUT2D eigenvalue weighted by Crippen LogP contribution is -2.20. The molecule has 1 aromatic rings. The first-order chi connectivity index (χ1) is 8.56. The molecule has 0 saturated carbocycles. The number of carbonyl (C=O) groups is 1. The van der Waals surface area contributed by atoms with Crippen LogP contribution in [0.5, 0.6) is 0 Å².